The zero-order chi connectivity index (χ0) is 15.4. The lowest BCUT2D eigenvalue weighted by molar-refractivity contribution is -0.109. The summed E-state index contributed by atoms with van der Waals surface area (Å²) in [6.45, 7) is 5.59. The van der Waals surface area contributed by atoms with Crippen molar-refractivity contribution in [2.24, 2.45) is 10.1 Å². The molecule has 0 aromatic heterocycles. The van der Waals surface area contributed by atoms with Crippen molar-refractivity contribution in [3.05, 3.63) is 29.8 Å². The van der Waals surface area contributed by atoms with Crippen LogP contribution < -0.4 is 10.3 Å². The number of ether oxygens (including phenoxy) is 1. The van der Waals surface area contributed by atoms with Crippen molar-refractivity contribution in [2.75, 3.05) is 37.7 Å². The SMILES string of the molecule is C/C(=N\NC1=NCC(=O)S1)c1ccc(N2CCOCC2)cc1. The Kier molecular flexibility index (Phi) is 4.74. The number of carbonyl (C=O) groups is 1. The van der Waals surface area contributed by atoms with Crippen molar-refractivity contribution in [3.63, 3.8) is 0 Å². The summed E-state index contributed by atoms with van der Waals surface area (Å²) in [5.74, 6) is 0. The van der Waals surface area contributed by atoms with Gasteiger partial charge in [-0.2, -0.15) is 5.10 Å². The van der Waals surface area contributed by atoms with E-state index in [-0.39, 0.29) is 11.7 Å². The molecule has 1 fully saturated rings. The van der Waals surface area contributed by atoms with Crippen molar-refractivity contribution in [1.29, 1.82) is 0 Å². The Bertz CT molecular complexity index is 606. The maximum Gasteiger partial charge on any atom is 0.218 e. The Morgan fingerprint density at radius 1 is 1.32 bits per heavy atom. The highest BCUT2D eigenvalue weighted by Crippen LogP contribution is 2.17. The molecule has 1 saturated heterocycles. The molecule has 0 bridgehead atoms. The quantitative estimate of drug-likeness (QED) is 0.675. The van der Waals surface area contributed by atoms with Gasteiger partial charge in [0.15, 0.2) is 5.17 Å². The van der Waals surface area contributed by atoms with E-state index in [1.165, 1.54) is 5.69 Å². The molecule has 0 saturated carbocycles. The van der Waals surface area contributed by atoms with E-state index < -0.39 is 0 Å². The molecule has 6 nitrogen and oxygen atoms in total. The average Bonchev–Trinajstić information content (AvgIpc) is 2.99. The Morgan fingerprint density at radius 3 is 2.68 bits per heavy atom. The summed E-state index contributed by atoms with van der Waals surface area (Å²) in [6, 6.07) is 8.32. The normalized spacial score (nSPS) is 19.3. The van der Waals surface area contributed by atoms with Gasteiger partial charge in [-0.15, -0.1) is 0 Å². The van der Waals surface area contributed by atoms with Crippen LogP contribution in [0.5, 0.6) is 0 Å². The lowest BCUT2D eigenvalue weighted by Crippen LogP contribution is -2.36. The van der Waals surface area contributed by atoms with Crippen LogP contribution in [0.4, 0.5) is 5.69 Å². The summed E-state index contributed by atoms with van der Waals surface area (Å²) in [4.78, 5) is 17.5. The molecule has 22 heavy (non-hydrogen) atoms. The van der Waals surface area contributed by atoms with Crippen LogP contribution in [0.3, 0.4) is 0 Å². The van der Waals surface area contributed by atoms with E-state index in [0.29, 0.717) is 5.17 Å². The highest BCUT2D eigenvalue weighted by Gasteiger charge is 2.15. The fourth-order valence-corrected chi connectivity index (χ4v) is 2.86. The predicted molar refractivity (Wildman–Crippen MR) is 89.7 cm³/mol. The highest BCUT2D eigenvalue weighted by atomic mass is 32.2. The smallest absolute Gasteiger partial charge is 0.218 e. The van der Waals surface area contributed by atoms with E-state index >= 15 is 0 Å². The third-order valence-corrected chi connectivity index (χ3v) is 4.31. The van der Waals surface area contributed by atoms with Gasteiger partial charge in [0.1, 0.15) is 6.54 Å². The number of hydrazone groups is 1. The third-order valence-electron chi connectivity index (χ3n) is 3.54. The largest absolute Gasteiger partial charge is 0.378 e. The minimum atomic E-state index is 0.0465. The number of hydrogen-bond donors (Lipinski definition) is 1. The van der Waals surface area contributed by atoms with Gasteiger partial charge in [-0.05, 0) is 36.4 Å². The molecule has 0 atom stereocenters. The van der Waals surface area contributed by atoms with Crippen LogP contribution in [-0.2, 0) is 9.53 Å². The standard InChI is InChI=1S/C15H18N4O2S/c1-11(17-18-15-16-10-14(20)22-15)12-2-4-13(5-3-12)19-6-8-21-9-7-19/h2-5H,6-10H2,1H3,(H,16,18)/b17-11+. The first-order valence-corrected chi connectivity index (χ1v) is 8.02. The summed E-state index contributed by atoms with van der Waals surface area (Å²) in [5, 5.41) is 4.89. The van der Waals surface area contributed by atoms with Gasteiger partial charge in [-0.25, -0.2) is 0 Å². The van der Waals surface area contributed by atoms with Crippen LogP contribution in [0.15, 0.2) is 34.4 Å². The second-order valence-electron chi connectivity index (χ2n) is 5.05. The van der Waals surface area contributed by atoms with Gasteiger partial charge in [-0.3, -0.25) is 15.2 Å². The number of benzene rings is 1. The first-order chi connectivity index (χ1) is 10.7. The number of hydrogen-bond acceptors (Lipinski definition) is 7. The molecule has 3 rings (SSSR count). The zero-order valence-electron chi connectivity index (χ0n) is 12.4. The summed E-state index contributed by atoms with van der Waals surface area (Å²) in [6.07, 6.45) is 0. The molecule has 0 spiro atoms. The van der Waals surface area contributed by atoms with Crippen molar-refractivity contribution >= 4 is 33.4 Å². The third kappa shape index (κ3) is 3.66. The average molecular weight is 318 g/mol. The van der Waals surface area contributed by atoms with E-state index in [1.54, 1.807) is 0 Å². The number of amidine groups is 1. The van der Waals surface area contributed by atoms with E-state index in [2.05, 4.69) is 44.7 Å². The first kappa shape index (κ1) is 15.1. The van der Waals surface area contributed by atoms with Crippen molar-refractivity contribution in [1.82, 2.24) is 5.43 Å². The molecule has 0 unspecified atom stereocenters. The van der Waals surface area contributed by atoms with Crippen LogP contribution in [-0.4, -0.2) is 48.8 Å². The summed E-state index contributed by atoms with van der Waals surface area (Å²) in [7, 11) is 0. The van der Waals surface area contributed by atoms with Gasteiger partial charge in [0.2, 0.25) is 5.12 Å². The van der Waals surface area contributed by atoms with Crippen LogP contribution in [0.1, 0.15) is 12.5 Å². The number of nitrogens with zero attached hydrogens (tertiary/aromatic N) is 3. The van der Waals surface area contributed by atoms with Crippen LogP contribution in [0, 0.1) is 0 Å². The molecule has 2 aliphatic heterocycles. The molecule has 2 aliphatic rings. The minimum Gasteiger partial charge on any atom is -0.378 e. The topological polar surface area (TPSA) is 66.3 Å². The van der Waals surface area contributed by atoms with E-state index in [9.17, 15) is 4.79 Å². The number of rotatable bonds is 3. The van der Waals surface area contributed by atoms with Crippen molar-refractivity contribution in [3.8, 4) is 0 Å². The number of morpholine rings is 1. The summed E-state index contributed by atoms with van der Waals surface area (Å²) >= 11 is 1.10. The Labute approximate surface area is 133 Å². The monoisotopic (exact) mass is 318 g/mol. The Morgan fingerprint density at radius 2 is 2.05 bits per heavy atom. The molecule has 1 aromatic carbocycles. The number of carbonyl (C=O) groups excluding carboxylic acids is 1. The molecule has 2 heterocycles. The molecule has 0 amide bonds. The number of aliphatic imine (C=N–C) groups is 1. The maximum absolute atomic E-state index is 11.1. The fourth-order valence-electron chi connectivity index (χ4n) is 2.30. The first-order valence-electron chi connectivity index (χ1n) is 7.21. The molecule has 0 aliphatic carbocycles. The van der Waals surface area contributed by atoms with Crippen molar-refractivity contribution in [2.45, 2.75) is 6.92 Å². The van der Waals surface area contributed by atoms with E-state index in [0.717, 1.165) is 49.3 Å². The summed E-state index contributed by atoms with van der Waals surface area (Å²) < 4.78 is 5.37. The molecule has 1 aromatic rings. The Balaban J connectivity index is 1.62. The second-order valence-corrected chi connectivity index (χ2v) is 6.10. The number of nitrogens with one attached hydrogen (secondary N) is 1. The Hall–Kier alpha value is -1.86. The van der Waals surface area contributed by atoms with Crippen LogP contribution >= 0.6 is 11.8 Å². The van der Waals surface area contributed by atoms with Crippen LogP contribution in [0.2, 0.25) is 0 Å². The van der Waals surface area contributed by atoms with Gasteiger partial charge in [-0.1, -0.05) is 12.1 Å². The molecule has 0 radical (unpaired) electrons. The number of anilines is 1. The number of thioether (sulfide) groups is 1. The molecule has 7 heteroatoms. The minimum absolute atomic E-state index is 0.0465. The zero-order valence-corrected chi connectivity index (χ0v) is 13.2. The van der Waals surface area contributed by atoms with Gasteiger partial charge in [0.05, 0.1) is 18.9 Å². The van der Waals surface area contributed by atoms with E-state index in [4.69, 9.17) is 4.74 Å². The molecular weight excluding hydrogens is 300 g/mol. The summed E-state index contributed by atoms with van der Waals surface area (Å²) in [5.41, 5.74) is 5.94. The van der Waals surface area contributed by atoms with Gasteiger partial charge in [0, 0.05) is 18.8 Å². The predicted octanol–water partition coefficient (Wildman–Crippen LogP) is 1.47. The highest BCUT2D eigenvalue weighted by molar-refractivity contribution is 8.26. The second kappa shape index (κ2) is 6.93. The van der Waals surface area contributed by atoms with Gasteiger partial charge in [0.25, 0.3) is 0 Å². The lowest BCUT2D eigenvalue weighted by atomic mass is 10.1. The van der Waals surface area contributed by atoms with Crippen molar-refractivity contribution < 1.29 is 9.53 Å². The van der Waals surface area contributed by atoms with Gasteiger partial charge >= 0.3 is 0 Å². The van der Waals surface area contributed by atoms with Crippen LogP contribution in [0.25, 0.3) is 0 Å². The van der Waals surface area contributed by atoms with Gasteiger partial charge < -0.3 is 9.64 Å². The fraction of sp³-hybridized carbons (Fsp3) is 0.400. The molecule has 1 N–H and O–H groups in total. The lowest BCUT2D eigenvalue weighted by Gasteiger charge is -2.28. The molecule has 116 valence electrons. The molecular formula is C15H18N4O2S. The maximum atomic E-state index is 11.1. The van der Waals surface area contributed by atoms with E-state index in [1.807, 2.05) is 6.92 Å².